The molecule has 0 saturated heterocycles. The molecule has 0 aromatic heterocycles. The second-order valence-electron chi connectivity index (χ2n) is 6.17. The van der Waals surface area contributed by atoms with Gasteiger partial charge in [-0.3, -0.25) is 0 Å². The topological polar surface area (TPSA) is 58.1 Å². The van der Waals surface area contributed by atoms with Crippen LogP contribution in [-0.2, 0) is 11.3 Å². The van der Waals surface area contributed by atoms with Crippen molar-refractivity contribution < 1.29 is 9.47 Å². The van der Waals surface area contributed by atoms with Gasteiger partial charge < -0.3 is 25.0 Å². The van der Waals surface area contributed by atoms with Crippen LogP contribution in [0.5, 0.6) is 5.75 Å². The molecule has 0 radical (unpaired) electrons. The molecule has 6 nitrogen and oxygen atoms in total. The summed E-state index contributed by atoms with van der Waals surface area (Å²) in [4.78, 5) is 6.97. The lowest BCUT2D eigenvalue weighted by Crippen LogP contribution is -2.40. The number of aryl methyl sites for hydroxylation is 1. The van der Waals surface area contributed by atoms with Crippen LogP contribution in [0.4, 0.5) is 0 Å². The van der Waals surface area contributed by atoms with E-state index in [9.17, 15) is 0 Å². The van der Waals surface area contributed by atoms with E-state index < -0.39 is 0 Å². The van der Waals surface area contributed by atoms with Crippen LogP contribution in [0.15, 0.2) is 23.2 Å². The van der Waals surface area contributed by atoms with E-state index in [1.807, 2.05) is 6.92 Å². The van der Waals surface area contributed by atoms with E-state index in [1.54, 1.807) is 0 Å². The van der Waals surface area contributed by atoms with E-state index in [0.717, 1.165) is 43.5 Å². The van der Waals surface area contributed by atoms with Gasteiger partial charge in [-0.05, 0) is 46.0 Å². The highest BCUT2D eigenvalue weighted by atomic mass is 127. The SMILES string of the molecule is CCNC(=NCc1ccc(C)cc1OCCOCC)NCCN(C)CC.I. The maximum absolute atomic E-state index is 5.90. The number of likely N-dealkylation sites (N-methyl/N-ethyl adjacent to an activating group) is 1. The van der Waals surface area contributed by atoms with Crippen molar-refractivity contribution in [2.24, 2.45) is 4.99 Å². The summed E-state index contributed by atoms with van der Waals surface area (Å²) in [5.41, 5.74) is 2.26. The van der Waals surface area contributed by atoms with Gasteiger partial charge in [0.05, 0.1) is 13.2 Å². The molecule has 0 amide bonds. The van der Waals surface area contributed by atoms with Gasteiger partial charge in [0.15, 0.2) is 5.96 Å². The molecule has 0 spiro atoms. The van der Waals surface area contributed by atoms with Crippen molar-refractivity contribution in [3.63, 3.8) is 0 Å². The lowest BCUT2D eigenvalue weighted by molar-refractivity contribution is 0.110. The number of halogens is 1. The maximum Gasteiger partial charge on any atom is 0.191 e. The molecule has 0 saturated carbocycles. The Morgan fingerprint density at radius 1 is 1.15 bits per heavy atom. The van der Waals surface area contributed by atoms with Crippen molar-refractivity contribution in [2.75, 3.05) is 53.0 Å². The fourth-order valence-electron chi connectivity index (χ4n) is 2.31. The Bertz CT molecular complexity index is 541. The smallest absolute Gasteiger partial charge is 0.191 e. The number of guanidine groups is 1. The first-order chi connectivity index (χ1) is 12.6. The zero-order chi connectivity index (χ0) is 19.2. The quantitative estimate of drug-likeness (QED) is 0.203. The molecule has 27 heavy (non-hydrogen) atoms. The minimum atomic E-state index is 0. The maximum atomic E-state index is 5.90. The fraction of sp³-hybridized carbons (Fsp3) is 0.650. The first-order valence-electron chi connectivity index (χ1n) is 9.61. The summed E-state index contributed by atoms with van der Waals surface area (Å²) in [5.74, 6) is 1.72. The lowest BCUT2D eigenvalue weighted by Gasteiger charge is -2.16. The number of nitrogens with zero attached hydrogens (tertiary/aromatic N) is 2. The summed E-state index contributed by atoms with van der Waals surface area (Å²) in [6.07, 6.45) is 0. The van der Waals surface area contributed by atoms with Crippen molar-refractivity contribution in [3.05, 3.63) is 29.3 Å². The molecule has 0 unspecified atom stereocenters. The average molecular weight is 492 g/mol. The van der Waals surface area contributed by atoms with Crippen molar-refractivity contribution in [1.29, 1.82) is 0 Å². The van der Waals surface area contributed by atoms with Crippen LogP contribution in [0.2, 0.25) is 0 Å². The third kappa shape index (κ3) is 11.4. The number of hydrogen-bond acceptors (Lipinski definition) is 4. The molecule has 1 aromatic carbocycles. The summed E-state index contributed by atoms with van der Waals surface area (Å²) in [7, 11) is 2.11. The van der Waals surface area contributed by atoms with Crippen molar-refractivity contribution in [3.8, 4) is 5.75 Å². The predicted molar refractivity (Wildman–Crippen MR) is 125 cm³/mol. The second kappa shape index (κ2) is 15.9. The van der Waals surface area contributed by atoms with Crippen LogP contribution in [0.25, 0.3) is 0 Å². The van der Waals surface area contributed by atoms with Crippen LogP contribution < -0.4 is 15.4 Å². The molecule has 0 heterocycles. The van der Waals surface area contributed by atoms with Gasteiger partial charge in [0.25, 0.3) is 0 Å². The van der Waals surface area contributed by atoms with E-state index in [0.29, 0.717) is 26.4 Å². The molecule has 0 fully saturated rings. The molecule has 2 N–H and O–H groups in total. The second-order valence-corrected chi connectivity index (χ2v) is 6.17. The first kappa shape index (κ1) is 25.9. The Hall–Kier alpha value is -1.06. The number of aliphatic imine (C=N–C) groups is 1. The van der Waals surface area contributed by atoms with Gasteiger partial charge >= 0.3 is 0 Å². The van der Waals surface area contributed by atoms with Crippen molar-refractivity contribution in [2.45, 2.75) is 34.2 Å². The zero-order valence-electron chi connectivity index (χ0n) is 17.5. The Kier molecular flexibility index (Phi) is 15.3. The van der Waals surface area contributed by atoms with E-state index >= 15 is 0 Å². The Balaban J connectivity index is 0.00000676. The van der Waals surface area contributed by atoms with Gasteiger partial charge in [0, 0.05) is 31.8 Å². The van der Waals surface area contributed by atoms with E-state index in [4.69, 9.17) is 14.5 Å². The normalized spacial score (nSPS) is 11.3. The lowest BCUT2D eigenvalue weighted by atomic mass is 10.1. The predicted octanol–water partition coefficient (Wildman–Crippen LogP) is 3.04. The number of nitrogens with one attached hydrogen (secondary N) is 2. The van der Waals surface area contributed by atoms with Crippen LogP contribution in [0.1, 0.15) is 31.9 Å². The summed E-state index contributed by atoms with van der Waals surface area (Å²) in [6.45, 7) is 14.4. The zero-order valence-corrected chi connectivity index (χ0v) is 19.8. The number of benzene rings is 1. The molecule has 7 heteroatoms. The third-order valence-corrected chi connectivity index (χ3v) is 3.99. The van der Waals surface area contributed by atoms with Gasteiger partial charge in [0.1, 0.15) is 12.4 Å². The molecule has 156 valence electrons. The minimum absolute atomic E-state index is 0. The largest absolute Gasteiger partial charge is 0.491 e. The Morgan fingerprint density at radius 2 is 1.93 bits per heavy atom. The minimum Gasteiger partial charge on any atom is -0.491 e. The molecule has 0 aliphatic heterocycles. The van der Waals surface area contributed by atoms with E-state index in [1.165, 1.54) is 5.56 Å². The first-order valence-corrected chi connectivity index (χ1v) is 9.61. The highest BCUT2D eigenvalue weighted by Gasteiger charge is 2.05. The monoisotopic (exact) mass is 492 g/mol. The van der Waals surface area contributed by atoms with Gasteiger partial charge in [-0.25, -0.2) is 4.99 Å². The van der Waals surface area contributed by atoms with Crippen molar-refractivity contribution >= 4 is 29.9 Å². The summed E-state index contributed by atoms with van der Waals surface area (Å²) in [5, 5.41) is 6.68. The number of hydrogen-bond donors (Lipinski definition) is 2. The molecular weight excluding hydrogens is 455 g/mol. The molecule has 0 atom stereocenters. The standard InChI is InChI=1S/C20H36N4O2.HI/c1-6-21-20(22-11-12-24(5)7-2)23-16-18-10-9-17(4)15-19(18)26-14-13-25-8-3;/h9-10,15H,6-8,11-14,16H2,1-5H3,(H2,21,22,23);1H. The van der Waals surface area contributed by atoms with Crippen LogP contribution >= 0.6 is 24.0 Å². The molecular formula is C20H37IN4O2. The molecule has 0 bridgehead atoms. The van der Waals surface area contributed by atoms with Gasteiger partial charge in [-0.1, -0.05) is 19.1 Å². The van der Waals surface area contributed by atoms with Crippen molar-refractivity contribution in [1.82, 2.24) is 15.5 Å². The molecule has 0 aliphatic carbocycles. The highest BCUT2D eigenvalue weighted by Crippen LogP contribution is 2.21. The Labute approximate surface area is 182 Å². The summed E-state index contributed by atoms with van der Waals surface area (Å²) < 4.78 is 11.2. The highest BCUT2D eigenvalue weighted by molar-refractivity contribution is 14.0. The average Bonchev–Trinajstić information content (AvgIpc) is 2.64. The molecule has 1 aromatic rings. The number of ether oxygens (including phenoxy) is 2. The van der Waals surface area contributed by atoms with Crippen LogP contribution in [-0.4, -0.2) is 63.9 Å². The third-order valence-electron chi connectivity index (χ3n) is 3.99. The molecule has 0 aliphatic rings. The summed E-state index contributed by atoms with van der Waals surface area (Å²) in [6, 6.07) is 6.24. The van der Waals surface area contributed by atoms with Crippen LogP contribution in [0, 0.1) is 6.92 Å². The summed E-state index contributed by atoms with van der Waals surface area (Å²) >= 11 is 0. The van der Waals surface area contributed by atoms with Gasteiger partial charge in [-0.15, -0.1) is 24.0 Å². The van der Waals surface area contributed by atoms with Gasteiger partial charge in [0.2, 0.25) is 0 Å². The van der Waals surface area contributed by atoms with E-state index in [2.05, 4.69) is 61.6 Å². The fourth-order valence-corrected chi connectivity index (χ4v) is 2.31. The molecule has 1 rings (SSSR count). The van der Waals surface area contributed by atoms with Crippen LogP contribution in [0.3, 0.4) is 0 Å². The van der Waals surface area contributed by atoms with E-state index in [-0.39, 0.29) is 24.0 Å². The number of rotatable bonds is 12. The van der Waals surface area contributed by atoms with Gasteiger partial charge in [-0.2, -0.15) is 0 Å². The Morgan fingerprint density at radius 3 is 2.59 bits per heavy atom.